The zero-order chi connectivity index (χ0) is 15.5. The molecule has 0 spiro atoms. The molecular formula is C18H17N3O. The molecule has 2 aromatic heterocycles. The van der Waals surface area contributed by atoms with Crippen LogP contribution in [0.15, 0.2) is 48.9 Å². The van der Waals surface area contributed by atoms with Crippen molar-refractivity contribution in [2.45, 2.75) is 19.3 Å². The zero-order valence-corrected chi connectivity index (χ0v) is 12.9. The van der Waals surface area contributed by atoms with Crippen LogP contribution < -0.4 is 4.90 Å². The summed E-state index contributed by atoms with van der Waals surface area (Å²) in [6, 6.07) is 10.3. The van der Waals surface area contributed by atoms with Gasteiger partial charge in [-0.05, 0) is 48.7 Å². The zero-order valence-electron chi connectivity index (χ0n) is 12.9. The van der Waals surface area contributed by atoms with Gasteiger partial charge in [0.15, 0.2) is 0 Å². The van der Waals surface area contributed by atoms with Crippen LogP contribution in [-0.2, 0) is 10.2 Å². The largest absolute Gasteiger partial charge is 0.314 e. The van der Waals surface area contributed by atoms with Crippen molar-refractivity contribution >= 4 is 17.2 Å². The van der Waals surface area contributed by atoms with E-state index in [2.05, 4.69) is 35.4 Å². The van der Waals surface area contributed by atoms with Crippen LogP contribution in [0.2, 0.25) is 0 Å². The molecule has 1 aliphatic heterocycles. The van der Waals surface area contributed by atoms with E-state index in [1.54, 1.807) is 11.1 Å². The highest BCUT2D eigenvalue weighted by atomic mass is 16.2. The predicted molar refractivity (Wildman–Crippen MR) is 87.1 cm³/mol. The summed E-state index contributed by atoms with van der Waals surface area (Å²) < 4.78 is 2.00. The molecule has 0 aliphatic carbocycles. The molecule has 0 saturated heterocycles. The predicted octanol–water partition coefficient (Wildman–Crippen LogP) is 3.26. The van der Waals surface area contributed by atoms with Gasteiger partial charge in [-0.3, -0.25) is 4.79 Å². The van der Waals surface area contributed by atoms with Gasteiger partial charge in [-0.25, -0.2) is 4.98 Å². The molecule has 1 aromatic carbocycles. The van der Waals surface area contributed by atoms with Gasteiger partial charge in [-0.15, -0.1) is 0 Å². The van der Waals surface area contributed by atoms with Crippen LogP contribution in [0.5, 0.6) is 0 Å². The topological polar surface area (TPSA) is 37.6 Å². The van der Waals surface area contributed by atoms with E-state index in [9.17, 15) is 4.79 Å². The standard InChI is InChI=1S/C18H17N3O/c1-18(2)14-6-4-12(10-15(14)20(3)17(18)22)13-5-7-16-19-8-9-21(16)11-13/h4-11H,1-3H3. The number of imidazole rings is 1. The Morgan fingerprint density at radius 2 is 1.86 bits per heavy atom. The Morgan fingerprint density at radius 3 is 2.68 bits per heavy atom. The molecule has 3 heterocycles. The first-order valence-electron chi connectivity index (χ1n) is 7.34. The van der Waals surface area contributed by atoms with E-state index in [0.29, 0.717) is 0 Å². The fourth-order valence-corrected chi connectivity index (χ4v) is 3.25. The van der Waals surface area contributed by atoms with Crippen LogP contribution in [0.3, 0.4) is 0 Å². The van der Waals surface area contributed by atoms with Crippen LogP contribution in [-0.4, -0.2) is 22.3 Å². The molecule has 0 saturated carbocycles. The molecule has 0 bridgehead atoms. The van der Waals surface area contributed by atoms with Crippen LogP contribution in [0, 0.1) is 0 Å². The molecule has 1 aliphatic rings. The number of amides is 1. The van der Waals surface area contributed by atoms with Crippen molar-refractivity contribution < 1.29 is 4.79 Å². The number of carbonyl (C=O) groups is 1. The summed E-state index contributed by atoms with van der Waals surface area (Å²) in [4.78, 5) is 18.4. The summed E-state index contributed by atoms with van der Waals surface area (Å²) in [5.74, 6) is 0.143. The number of pyridine rings is 1. The Bertz CT molecular complexity index is 908. The molecule has 0 N–H and O–H groups in total. The number of hydrogen-bond donors (Lipinski definition) is 0. The average molecular weight is 291 g/mol. The minimum Gasteiger partial charge on any atom is -0.314 e. The second-order valence-corrected chi connectivity index (χ2v) is 6.33. The Labute approximate surface area is 129 Å². The Balaban J connectivity index is 1.87. The van der Waals surface area contributed by atoms with E-state index in [1.807, 2.05) is 37.6 Å². The molecule has 0 atom stereocenters. The van der Waals surface area contributed by atoms with Gasteiger partial charge >= 0.3 is 0 Å². The summed E-state index contributed by atoms with van der Waals surface area (Å²) in [6.45, 7) is 3.96. The number of aromatic nitrogens is 2. The Morgan fingerprint density at radius 1 is 1.09 bits per heavy atom. The van der Waals surface area contributed by atoms with Crippen molar-refractivity contribution in [3.63, 3.8) is 0 Å². The summed E-state index contributed by atoms with van der Waals surface area (Å²) >= 11 is 0. The summed E-state index contributed by atoms with van der Waals surface area (Å²) in [5, 5.41) is 0. The lowest BCUT2D eigenvalue weighted by atomic mass is 9.85. The highest BCUT2D eigenvalue weighted by Gasteiger charge is 2.42. The van der Waals surface area contributed by atoms with Crippen molar-refractivity contribution in [1.29, 1.82) is 0 Å². The van der Waals surface area contributed by atoms with Crippen molar-refractivity contribution in [2.75, 3.05) is 11.9 Å². The normalized spacial score (nSPS) is 16.3. The van der Waals surface area contributed by atoms with E-state index in [1.165, 1.54) is 0 Å². The minimum absolute atomic E-state index is 0.143. The Hall–Kier alpha value is -2.62. The van der Waals surface area contributed by atoms with E-state index in [-0.39, 0.29) is 5.91 Å². The van der Waals surface area contributed by atoms with Crippen LogP contribution >= 0.6 is 0 Å². The van der Waals surface area contributed by atoms with Gasteiger partial charge in [0, 0.05) is 31.3 Å². The maximum absolute atomic E-state index is 12.4. The lowest BCUT2D eigenvalue weighted by Crippen LogP contribution is -2.33. The number of rotatable bonds is 1. The highest BCUT2D eigenvalue weighted by molar-refractivity contribution is 6.07. The lowest BCUT2D eigenvalue weighted by Gasteiger charge is -2.16. The third-order valence-electron chi connectivity index (χ3n) is 4.59. The van der Waals surface area contributed by atoms with Crippen molar-refractivity contribution in [3.8, 4) is 11.1 Å². The fraction of sp³-hybridized carbons (Fsp3) is 0.222. The molecule has 22 heavy (non-hydrogen) atoms. The second-order valence-electron chi connectivity index (χ2n) is 6.33. The minimum atomic E-state index is -0.448. The molecular weight excluding hydrogens is 274 g/mol. The van der Waals surface area contributed by atoms with Crippen LogP contribution in [0.25, 0.3) is 16.8 Å². The lowest BCUT2D eigenvalue weighted by molar-refractivity contribution is -0.121. The number of benzene rings is 1. The summed E-state index contributed by atoms with van der Waals surface area (Å²) in [5.41, 5.74) is 4.78. The van der Waals surface area contributed by atoms with Gasteiger partial charge in [-0.1, -0.05) is 12.1 Å². The third-order valence-corrected chi connectivity index (χ3v) is 4.59. The SMILES string of the molecule is CN1C(=O)C(C)(C)c2ccc(-c3ccc4nccn4c3)cc21. The van der Waals surface area contributed by atoms with Gasteiger partial charge in [0.2, 0.25) is 5.91 Å². The van der Waals surface area contributed by atoms with E-state index >= 15 is 0 Å². The first-order valence-corrected chi connectivity index (χ1v) is 7.34. The fourth-order valence-electron chi connectivity index (χ4n) is 3.25. The molecule has 4 nitrogen and oxygen atoms in total. The molecule has 0 unspecified atom stereocenters. The van der Waals surface area contributed by atoms with Crippen molar-refractivity contribution in [3.05, 3.63) is 54.5 Å². The smallest absolute Gasteiger partial charge is 0.236 e. The molecule has 110 valence electrons. The molecule has 0 fully saturated rings. The Kier molecular flexibility index (Phi) is 2.49. The van der Waals surface area contributed by atoms with E-state index in [4.69, 9.17) is 0 Å². The molecule has 1 amide bonds. The summed E-state index contributed by atoms with van der Waals surface area (Å²) in [7, 11) is 1.85. The maximum atomic E-state index is 12.4. The van der Waals surface area contributed by atoms with Gasteiger partial charge in [0.1, 0.15) is 5.65 Å². The first kappa shape index (κ1) is 13.1. The molecule has 0 radical (unpaired) electrons. The number of hydrogen-bond acceptors (Lipinski definition) is 2. The monoisotopic (exact) mass is 291 g/mol. The third kappa shape index (κ3) is 1.64. The molecule has 4 heteroatoms. The first-order chi connectivity index (χ1) is 10.5. The summed E-state index contributed by atoms with van der Waals surface area (Å²) in [6.07, 6.45) is 5.79. The molecule has 4 rings (SSSR count). The van der Waals surface area contributed by atoms with Gasteiger partial charge in [0.05, 0.1) is 5.41 Å². The number of anilines is 1. The average Bonchev–Trinajstić information content (AvgIpc) is 3.05. The highest BCUT2D eigenvalue weighted by Crippen LogP contribution is 2.42. The van der Waals surface area contributed by atoms with Crippen LogP contribution in [0.4, 0.5) is 5.69 Å². The quantitative estimate of drug-likeness (QED) is 0.690. The molecule has 3 aromatic rings. The van der Waals surface area contributed by atoms with Crippen molar-refractivity contribution in [1.82, 2.24) is 9.38 Å². The van der Waals surface area contributed by atoms with E-state index < -0.39 is 5.41 Å². The van der Waals surface area contributed by atoms with Gasteiger partial charge in [0.25, 0.3) is 0 Å². The maximum Gasteiger partial charge on any atom is 0.236 e. The van der Waals surface area contributed by atoms with Crippen LogP contribution in [0.1, 0.15) is 19.4 Å². The van der Waals surface area contributed by atoms with Crippen molar-refractivity contribution in [2.24, 2.45) is 0 Å². The van der Waals surface area contributed by atoms with Gasteiger partial charge in [-0.2, -0.15) is 0 Å². The number of carbonyl (C=O) groups excluding carboxylic acids is 1. The number of fused-ring (bicyclic) bond motifs is 2. The van der Waals surface area contributed by atoms with Gasteiger partial charge < -0.3 is 9.30 Å². The second kappa shape index (κ2) is 4.19. The van der Waals surface area contributed by atoms with E-state index in [0.717, 1.165) is 28.0 Å². The number of nitrogens with zero attached hydrogens (tertiary/aromatic N) is 3. The number of likely N-dealkylation sites (N-methyl/N-ethyl adjacent to an activating group) is 1.